The van der Waals surface area contributed by atoms with E-state index in [-0.39, 0.29) is 52.8 Å². The number of aromatic nitrogens is 2. The van der Waals surface area contributed by atoms with Gasteiger partial charge in [-0.15, -0.1) is 0 Å². The largest absolute Gasteiger partial charge is 0.469 e. The number of anilines is 1. The highest BCUT2D eigenvalue weighted by Crippen LogP contribution is 2.39. The van der Waals surface area contributed by atoms with E-state index in [1.54, 1.807) is 0 Å². The Kier molecular flexibility index (Phi) is 8.12. The number of alkyl halides is 4. The van der Waals surface area contributed by atoms with Crippen LogP contribution in [0.15, 0.2) is 41.5 Å². The Hall–Kier alpha value is -4.76. The Bertz CT molecular complexity index is 1540. The number of rotatable bonds is 8. The molecule has 0 fully saturated rings. The molecule has 2 heterocycles. The van der Waals surface area contributed by atoms with Crippen molar-refractivity contribution in [2.45, 2.75) is 30.7 Å². The standard InChI is InChI=1S/C25H24F5N7O4/c1-41-20(38)7-16(11-2-13(25(28,29)30)6-14(26)3-11)21(23(32)40)37-19-5-12(22(31)39)4-18(17(19)10-35-37)36-24-33-8-15(27)9-34-24/h2-6,10,15-16,21H,7-9H2,1H3,(H2,31,39)(H2,32,40)(H2,33,34,36)/t16-,21?/m0/s1. The molecule has 3 atom stereocenters. The lowest BCUT2D eigenvalue weighted by Gasteiger charge is -2.26. The van der Waals surface area contributed by atoms with Gasteiger partial charge >= 0.3 is 12.1 Å². The van der Waals surface area contributed by atoms with Crippen molar-refractivity contribution in [3.63, 3.8) is 0 Å². The number of amides is 2. The maximum atomic E-state index is 14.4. The number of hydrogen-bond donors (Lipinski definition) is 4. The first kappa shape index (κ1) is 29.2. The number of nitrogens with two attached hydrogens (primary N) is 2. The van der Waals surface area contributed by atoms with E-state index in [9.17, 15) is 36.3 Å². The number of fused-ring (bicyclic) bond motifs is 1. The number of carbonyl (C=O) groups is 3. The minimum Gasteiger partial charge on any atom is -0.469 e. The zero-order chi connectivity index (χ0) is 30.1. The van der Waals surface area contributed by atoms with Crippen LogP contribution in [0.25, 0.3) is 10.9 Å². The number of nitrogens with zero attached hydrogens (tertiary/aromatic N) is 3. The van der Waals surface area contributed by atoms with Crippen molar-refractivity contribution in [1.82, 2.24) is 15.1 Å². The van der Waals surface area contributed by atoms with E-state index in [0.717, 1.165) is 17.9 Å². The second kappa shape index (κ2) is 11.4. The van der Waals surface area contributed by atoms with Crippen molar-refractivity contribution >= 4 is 40.3 Å². The molecule has 0 aliphatic carbocycles. The van der Waals surface area contributed by atoms with Gasteiger partial charge in [-0.3, -0.25) is 19.1 Å². The highest BCUT2D eigenvalue weighted by Gasteiger charge is 2.37. The minimum absolute atomic E-state index is 0.0315. The molecule has 1 aliphatic heterocycles. The molecule has 16 heteroatoms. The fourth-order valence-electron chi connectivity index (χ4n) is 4.50. The molecule has 0 bridgehead atoms. The average Bonchev–Trinajstić information content (AvgIpc) is 3.32. The number of benzene rings is 2. The molecule has 0 saturated carbocycles. The monoisotopic (exact) mass is 581 g/mol. The van der Waals surface area contributed by atoms with Gasteiger partial charge in [0.25, 0.3) is 0 Å². The maximum absolute atomic E-state index is 14.4. The number of nitrogens with one attached hydrogen (secondary N) is 2. The third-order valence-electron chi connectivity index (χ3n) is 6.42. The zero-order valence-corrected chi connectivity index (χ0v) is 21.3. The normalized spacial score (nSPS) is 16.8. The molecule has 0 saturated heterocycles. The lowest BCUT2D eigenvalue weighted by Crippen LogP contribution is -2.41. The van der Waals surface area contributed by atoms with E-state index in [1.165, 1.54) is 18.3 Å². The fraction of sp³-hybridized carbons (Fsp3) is 0.320. The molecule has 3 aromatic rings. The summed E-state index contributed by atoms with van der Waals surface area (Å²) in [6, 6.07) is 2.58. The molecule has 6 N–H and O–H groups in total. The summed E-state index contributed by atoms with van der Waals surface area (Å²) in [5, 5.41) is 10.1. The number of methoxy groups -OCH3 is 1. The first-order valence-electron chi connectivity index (χ1n) is 12.0. The molecule has 2 unspecified atom stereocenters. The molecule has 41 heavy (non-hydrogen) atoms. The van der Waals surface area contributed by atoms with E-state index < -0.39 is 59.9 Å². The van der Waals surface area contributed by atoms with Crippen molar-refractivity contribution in [1.29, 1.82) is 0 Å². The van der Waals surface area contributed by atoms with Crippen LogP contribution < -0.4 is 22.1 Å². The molecule has 11 nitrogen and oxygen atoms in total. The van der Waals surface area contributed by atoms with Crippen LogP contribution in [0, 0.1) is 5.82 Å². The first-order chi connectivity index (χ1) is 19.3. The topological polar surface area (TPSA) is 167 Å². The average molecular weight is 582 g/mol. The Morgan fingerprint density at radius 1 is 1.20 bits per heavy atom. The summed E-state index contributed by atoms with van der Waals surface area (Å²) in [5.41, 5.74) is 9.67. The van der Waals surface area contributed by atoms with Gasteiger partial charge < -0.3 is 26.8 Å². The van der Waals surface area contributed by atoms with Crippen LogP contribution in [-0.2, 0) is 20.5 Å². The van der Waals surface area contributed by atoms with Crippen LogP contribution in [0.5, 0.6) is 0 Å². The van der Waals surface area contributed by atoms with Crippen LogP contribution in [0.3, 0.4) is 0 Å². The molecule has 4 rings (SSSR count). The lowest BCUT2D eigenvalue weighted by atomic mass is 9.86. The van der Waals surface area contributed by atoms with Gasteiger partial charge in [0.15, 0.2) is 5.96 Å². The van der Waals surface area contributed by atoms with E-state index in [0.29, 0.717) is 6.07 Å². The Morgan fingerprint density at radius 3 is 2.51 bits per heavy atom. The van der Waals surface area contributed by atoms with Crippen molar-refractivity contribution < 1.29 is 41.1 Å². The second-order valence-electron chi connectivity index (χ2n) is 9.21. The SMILES string of the molecule is COC(=O)C[C@@H](c1cc(F)cc(C(F)(F)F)c1)C(C(N)=O)n1ncc2c(NC3=NCC(F)CN3)cc(C(N)=O)cc21. The Labute approximate surface area is 228 Å². The first-order valence-corrected chi connectivity index (χ1v) is 12.0. The van der Waals surface area contributed by atoms with Gasteiger partial charge in [-0.2, -0.15) is 18.3 Å². The number of primary amides is 2. The van der Waals surface area contributed by atoms with Gasteiger partial charge in [-0.25, -0.2) is 13.8 Å². The zero-order valence-electron chi connectivity index (χ0n) is 21.3. The number of hydrogen-bond acceptors (Lipinski definition) is 8. The van der Waals surface area contributed by atoms with Gasteiger partial charge in [0.1, 0.15) is 18.0 Å². The molecule has 1 aromatic heterocycles. The van der Waals surface area contributed by atoms with E-state index in [4.69, 9.17) is 11.5 Å². The van der Waals surface area contributed by atoms with Crippen LogP contribution in [0.2, 0.25) is 0 Å². The predicted molar refractivity (Wildman–Crippen MR) is 136 cm³/mol. The van der Waals surface area contributed by atoms with Gasteiger partial charge in [0.05, 0.1) is 49.6 Å². The van der Waals surface area contributed by atoms with Crippen LogP contribution in [0.4, 0.5) is 27.6 Å². The summed E-state index contributed by atoms with van der Waals surface area (Å²) in [4.78, 5) is 41.4. The third-order valence-corrected chi connectivity index (χ3v) is 6.42. The van der Waals surface area contributed by atoms with E-state index in [1.807, 2.05) is 0 Å². The number of halogens is 5. The van der Waals surface area contributed by atoms with Crippen LogP contribution in [0.1, 0.15) is 39.9 Å². The molecule has 0 spiro atoms. The lowest BCUT2D eigenvalue weighted by molar-refractivity contribution is -0.141. The van der Waals surface area contributed by atoms with Crippen LogP contribution in [-0.4, -0.2) is 59.9 Å². The van der Waals surface area contributed by atoms with Gasteiger partial charge in [-0.1, -0.05) is 0 Å². The molecule has 2 aromatic carbocycles. The van der Waals surface area contributed by atoms with Crippen molar-refractivity contribution in [3.8, 4) is 0 Å². The number of guanidine groups is 1. The summed E-state index contributed by atoms with van der Waals surface area (Å²) in [7, 11) is 1.03. The summed E-state index contributed by atoms with van der Waals surface area (Å²) < 4.78 is 74.1. The summed E-state index contributed by atoms with van der Waals surface area (Å²) in [6.45, 7) is -0.157. The van der Waals surface area contributed by atoms with Gasteiger partial charge in [-0.05, 0) is 35.9 Å². The molecule has 0 radical (unpaired) electrons. The van der Waals surface area contributed by atoms with Gasteiger partial charge in [0, 0.05) is 16.9 Å². The summed E-state index contributed by atoms with van der Waals surface area (Å²) >= 11 is 0. The number of carbonyl (C=O) groups excluding carboxylic acids is 3. The second-order valence-corrected chi connectivity index (χ2v) is 9.21. The maximum Gasteiger partial charge on any atom is 0.416 e. The third kappa shape index (κ3) is 6.36. The smallest absolute Gasteiger partial charge is 0.416 e. The van der Waals surface area contributed by atoms with Crippen molar-refractivity contribution in [3.05, 3.63) is 59.0 Å². The van der Waals surface area contributed by atoms with Crippen LogP contribution >= 0.6 is 0 Å². The minimum atomic E-state index is -4.94. The molecule has 2 amide bonds. The molecular formula is C25H24F5N7O4. The number of ether oxygens (including phenoxy) is 1. The summed E-state index contributed by atoms with van der Waals surface area (Å²) in [6.07, 6.45) is -5.56. The molecular weight excluding hydrogens is 557 g/mol. The number of esters is 1. The molecule has 1 aliphatic rings. The van der Waals surface area contributed by atoms with E-state index >= 15 is 0 Å². The predicted octanol–water partition coefficient (Wildman–Crippen LogP) is 2.38. The Morgan fingerprint density at radius 2 is 1.93 bits per heavy atom. The van der Waals surface area contributed by atoms with Gasteiger partial charge in [0.2, 0.25) is 11.8 Å². The molecule has 218 valence electrons. The highest BCUT2D eigenvalue weighted by molar-refractivity contribution is 6.07. The van der Waals surface area contributed by atoms with E-state index in [2.05, 4.69) is 25.5 Å². The van der Waals surface area contributed by atoms with Crippen molar-refractivity contribution in [2.75, 3.05) is 25.5 Å². The summed E-state index contributed by atoms with van der Waals surface area (Å²) in [5.74, 6) is -5.52. The number of aliphatic imine (C=N–C) groups is 1. The quantitative estimate of drug-likeness (QED) is 0.234. The fourth-order valence-corrected chi connectivity index (χ4v) is 4.50. The highest BCUT2D eigenvalue weighted by atomic mass is 19.4. The van der Waals surface area contributed by atoms with Crippen molar-refractivity contribution in [2.24, 2.45) is 16.5 Å². The Balaban J connectivity index is 1.90.